The van der Waals surface area contributed by atoms with E-state index in [1.165, 1.54) is 31.1 Å². The molecule has 0 spiro atoms. The summed E-state index contributed by atoms with van der Waals surface area (Å²) in [5.74, 6) is 0.697. The molecule has 1 aromatic carbocycles. The van der Waals surface area contributed by atoms with Crippen LogP contribution in [0.5, 0.6) is 0 Å². The van der Waals surface area contributed by atoms with Crippen LogP contribution in [0.2, 0.25) is 0 Å². The molecule has 0 bridgehead atoms. The van der Waals surface area contributed by atoms with E-state index in [4.69, 9.17) is 4.99 Å². The number of likely N-dealkylation sites (N-methyl/N-ethyl adjacent to an activating group) is 1. The Hall–Kier alpha value is -0.930. The van der Waals surface area contributed by atoms with Crippen LogP contribution in [0.3, 0.4) is 0 Å². The third kappa shape index (κ3) is 9.52. The fourth-order valence-corrected chi connectivity index (χ4v) is 3.41. The van der Waals surface area contributed by atoms with Crippen LogP contribution in [0.4, 0.5) is 4.39 Å². The van der Waals surface area contributed by atoms with Gasteiger partial charge in [-0.15, -0.1) is 24.0 Å². The molecule has 0 unspecified atom stereocenters. The van der Waals surface area contributed by atoms with Crippen molar-refractivity contribution in [1.82, 2.24) is 20.4 Å². The van der Waals surface area contributed by atoms with Gasteiger partial charge in [-0.1, -0.05) is 6.07 Å². The van der Waals surface area contributed by atoms with Crippen molar-refractivity contribution >= 4 is 29.9 Å². The summed E-state index contributed by atoms with van der Waals surface area (Å²) in [7, 11) is 2.20. The van der Waals surface area contributed by atoms with E-state index in [0.717, 1.165) is 63.6 Å². The van der Waals surface area contributed by atoms with Gasteiger partial charge in [-0.25, -0.2) is 4.39 Å². The number of halogens is 2. The van der Waals surface area contributed by atoms with Crippen molar-refractivity contribution in [1.29, 1.82) is 0 Å². The predicted octanol–water partition coefficient (Wildman–Crippen LogP) is 2.88. The Bertz CT molecular complexity index is 596. The van der Waals surface area contributed by atoms with Crippen LogP contribution >= 0.6 is 24.0 Å². The van der Waals surface area contributed by atoms with Crippen LogP contribution in [0.25, 0.3) is 0 Å². The highest BCUT2D eigenvalue weighted by molar-refractivity contribution is 14.0. The summed E-state index contributed by atoms with van der Waals surface area (Å²) >= 11 is 0. The third-order valence-electron chi connectivity index (χ3n) is 5.05. The van der Waals surface area contributed by atoms with Crippen molar-refractivity contribution in [3.8, 4) is 0 Å². The molecule has 0 aromatic heterocycles. The lowest BCUT2D eigenvalue weighted by atomic mass is 10.1. The zero-order valence-corrected chi connectivity index (χ0v) is 20.0. The van der Waals surface area contributed by atoms with Gasteiger partial charge in [-0.3, -0.25) is 4.99 Å². The van der Waals surface area contributed by atoms with Crippen molar-refractivity contribution in [3.05, 3.63) is 35.1 Å². The number of benzene rings is 1. The van der Waals surface area contributed by atoms with Crippen molar-refractivity contribution in [2.24, 2.45) is 4.99 Å². The Morgan fingerprint density at radius 1 is 1.18 bits per heavy atom. The number of aryl methyl sites for hydroxylation is 1. The van der Waals surface area contributed by atoms with Crippen LogP contribution in [0.15, 0.2) is 23.2 Å². The summed E-state index contributed by atoms with van der Waals surface area (Å²) in [5.41, 5.74) is 2.17. The second-order valence-electron chi connectivity index (χ2n) is 7.36. The number of nitrogens with zero attached hydrogens (tertiary/aromatic N) is 3. The van der Waals surface area contributed by atoms with Gasteiger partial charge in [-0.2, -0.15) is 0 Å². The Morgan fingerprint density at radius 3 is 2.75 bits per heavy atom. The number of aliphatic imine (C=N–C) groups is 1. The van der Waals surface area contributed by atoms with Crippen molar-refractivity contribution < 1.29 is 4.39 Å². The van der Waals surface area contributed by atoms with Crippen LogP contribution in [-0.4, -0.2) is 75.2 Å². The number of hydrogen-bond acceptors (Lipinski definition) is 3. The van der Waals surface area contributed by atoms with E-state index in [-0.39, 0.29) is 29.8 Å². The maximum Gasteiger partial charge on any atom is 0.191 e. The Morgan fingerprint density at radius 2 is 2.00 bits per heavy atom. The van der Waals surface area contributed by atoms with Crippen LogP contribution in [0.1, 0.15) is 30.9 Å². The van der Waals surface area contributed by atoms with E-state index < -0.39 is 0 Å². The highest BCUT2D eigenvalue weighted by Gasteiger charge is 2.11. The Balaban J connectivity index is 0.00000392. The lowest BCUT2D eigenvalue weighted by molar-refractivity contribution is 0.275. The van der Waals surface area contributed by atoms with Gasteiger partial charge in [0.1, 0.15) is 5.82 Å². The highest BCUT2D eigenvalue weighted by Crippen LogP contribution is 2.10. The van der Waals surface area contributed by atoms with E-state index in [2.05, 4.69) is 34.4 Å². The second kappa shape index (κ2) is 14.1. The first-order valence-electron chi connectivity index (χ1n) is 10.3. The van der Waals surface area contributed by atoms with E-state index in [1.807, 2.05) is 13.0 Å². The zero-order valence-electron chi connectivity index (χ0n) is 17.6. The minimum Gasteiger partial charge on any atom is -0.357 e. The monoisotopic (exact) mass is 505 g/mol. The molecule has 1 aromatic rings. The average molecular weight is 505 g/mol. The summed E-state index contributed by atoms with van der Waals surface area (Å²) in [4.78, 5) is 9.66. The summed E-state index contributed by atoms with van der Waals surface area (Å²) in [5, 5.41) is 6.70. The van der Waals surface area contributed by atoms with Crippen molar-refractivity contribution in [3.63, 3.8) is 0 Å². The summed E-state index contributed by atoms with van der Waals surface area (Å²) < 4.78 is 13.2. The molecule has 1 heterocycles. The maximum absolute atomic E-state index is 13.2. The molecule has 1 fully saturated rings. The van der Waals surface area contributed by atoms with Gasteiger partial charge in [0, 0.05) is 32.7 Å². The topological polar surface area (TPSA) is 42.9 Å². The Kier molecular flexibility index (Phi) is 12.7. The lowest BCUT2D eigenvalue weighted by Gasteiger charge is -2.19. The highest BCUT2D eigenvalue weighted by atomic mass is 127. The second-order valence-corrected chi connectivity index (χ2v) is 7.36. The molecule has 0 radical (unpaired) electrons. The molecule has 1 aliphatic heterocycles. The van der Waals surface area contributed by atoms with Crippen LogP contribution in [0, 0.1) is 12.7 Å². The first-order valence-corrected chi connectivity index (χ1v) is 10.3. The predicted molar refractivity (Wildman–Crippen MR) is 127 cm³/mol. The van der Waals surface area contributed by atoms with E-state index in [9.17, 15) is 4.39 Å². The number of hydrogen-bond donors (Lipinski definition) is 2. The first-order chi connectivity index (χ1) is 13.1. The molecule has 2 N–H and O–H groups in total. The first kappa shape index (κ1) is 25.1. The average Bonchev–Trinajstić information content (AvgIpc) is 2.84. The SMILES string of the molecule is CCNC(=NCCCN1CCCN(C)CC1)NCCc1ccc(F)cc1C.I. The Labute approximate surface area is 187 Å². The quantitative estimate of drug-likeness (QED) is 0.247. The summed E-state index contributed by atoms with van der Waals surface area (Å²) in [6.45, 7) is 12.3. The number of rotatable bonds is 8. The molecular formula is C21H37FIN5. The van der Waals surface area contributed by atoms with Gasteiger partial charge >= 0.3 is 0 Å². The van der Waals surface area contributed by atoms with Gasteiger partial charge in [0.15, 0.2) is 5.96 Å². The summed E-state index contributed by atoms with van der Waals surface area (Å²) in [6.07, 6.45) is 3.20. The third-order valence-corrected chi connectivity index (χ3v) is 5.05. The van der Waals surface area contributed by atoms with Gasteiger partial charge in [0.25, 0.3) is 0 Å². The molecule has 1 saturated heterocycles. The smallest absolute Gasteiger partial charge is 0.191 e. The molecule has 2 rings (SSSR count). The molecule has 160 valence electrons. The fraction of sp³-hybridized carbons (Fsp3) is 0.667. The minimum atomic E-state index is -0.171. The number of nitrogens with one attached hydrogen (secondary N) is 2. The normalized spacial score (nSPS) is 16.4. The molecular weight excluding hydrogens is 468 g/mol. The van der Waals surface area contributed by atoms with Crippen molar-refractivity contribution in [2.75, 3.05) is 59.4 Å². The molecule has 0 aliphatic carbocycles. The van der Waals surface area contributed by atoms with E-state index in [0.29, 0.717) is 0 Å². The molecule has 28 heavy (non-hydrogen) atoms. The summed E-state index contributed by atoms with van der Waals surface area (Å²) in [6, 6.07) is 4.99. The molecule has 5 nitrogen and oxygen atoms in total. The van der Waals surface area contributed by atoms with Gasteiger partial charge < -0.3 is 20.4 Å². The minimum absolute atomic E-state index is 0. The van der Waals surface area contributed by atoms with E-state index >= 15 is 0 Å². The molecule has 0 saturated carbocycles. The maximum atomic E-state index is 13.2. The molecule has 1 aliphatic rings. The zero-order chi connectivity index (χ0) is 19.5. The number of guanidine groups is 1. The molecule has 7 heteroatoms. The fourth-order valence-electron chi connectivity index (χ4n) is 3.41. The lowest BCUT2D eigenvalue weighted by Crippen LogP contribution is -2.38. The molecule has 0 atom stereocenters. The van der Waals surface area contributed by atoms with E-state index in [1.54, 1.807) is 6.07 Å². The van der Waals surface area contributed by atoms with Crippen LogP contribution in [-0.2, 0) is 6.42 Å². The van der Waals surface area contributed by atoms with Gasteiger partial charge in [0.05, 0.1) is 0 Å². The van der Waals surface area contributed by atoms with Crippen LogP contribution < -0.4 is 10.6 Å². The van der Waals surface area contributed by atoms with Crippen molar-refractivity contribution in [2.45, 2.75) is 33.1 Å². The standard InChI is InChI=1S/C21H36FN5.HI/c1-4-23-21(25-11-9-19-7-8-20(22)17-18(19)2)24-10-5-13-27-14-6-12-26(3)15-16-27;/h7-8,17H,4-6,9-16H2,1-3H3,(H2,23,24,25);1H. The van der Waals surface area contributed by atoms with Gasteiger partial charge in [-0.05, 0) is 83.1 Å². The largest absolute Gasteiger partial charge is 0.357 e. The molecule has 0 amide bonds. The van der Waals surface area contributed by atoms with Gasteiger partial charge in [0.2, 0.25) is 0 Å².